The summed E-state index contributed by atoms with van der Waals surface area (Å²) in [5.74, 6) is 0.992. The van der Waals surface area contributed by atoms with Gasteiger partial charge >= 0.3 is 0 Å². The summed E-state index contributed by atoms with van der Waals surface area (Å²) in [7, 11) is 0. The van der Waals surface area contributed by atoms with Crippen molar-refractivity contribution in [2.24, 2.45) is 0 Å². The van der Waals surface area contributed by atoms with E-state index in [4.69, 9.17) is 33.0 Å². The zero-order valence-electron chi connectivity index (χ0n) is 9.36. The maximum Gasteiger partial charge on any atom is 0.226 e. The Kier molecular flexibility index (Phi) is 4.19. The van der Waals surface area contributed by atoms with E-state index in [0.717, 1.165) is 5.56 Å². The molecule has 0 N–H and O–H groups in total. The molecule has 2 rings (SSSR count). The van der Waals surface area contributed by atoms with Crippen LogP contribution in [0.5, 0.6) is 0 Å². The molecule has 0 aliphatic carbocycles. The summed E-state index contributed by atoms with van der Waals surface area (Å²) < 4.78 is 5.09. The molecule has 0 fully saturated rings. The van der Waals surface area contributed by atoms with Crippen molar-refractivity contribution in [3.8, 4) is 17.5 Å². The topological polar surface area (TPSA) is 62.7 Å². The van der Waals surface area contributed by atoms with Crippen molar-refractivity contribution in [1.82, 2.24) is 10.1 Å². The second kappa shape index (κ2) is 5.85. The van der Waals surface area contributed by atoms with Gasteiger partial charge in [0.2, 0.25) is 11.7 Å². The van der Waals surface area contributed by atoms with Gasteiger partial charge in [-0.3, -0.25) is 0 Å². The van der Waals surface area contributed by atoms with E-state index < -0.39 is 0 Å². The fourth-order valence-electron chi connectivity index (χ4n) is 1.43. The van der Waals surface area contributed by atoms with Crippen molar-refractivity contribution in [1.29, 1.82) is 5.26 Å². The standard InChI is InChI=1S/C12H9Cl2N3O/c13-9-5-4-8(7-10(9)14)12-16-11(18-17-12)3-1-2-6-15/h4-5,7H,1-3H2. The van der Waals surface area contributed by atoms with Gasteiger partial charge in [-0.15, -0.1) is 0 Å². The van der Waals surface area contributed by atoms with E-state index in [1.54, 1.807) is 18.2 Å². The molecule has 0 bridgehead atoms. The third-order valence-corrected chi connectivity index (χ3v) is 3.06. The Bertz CT molecular complexity index is 589. The smallest absolute Gasteiger partial charge is 0.226 e. The average Bonchev–Trinajstić information content (AvgIpc) is 2.82. The van der Waals surface area contributed by atoms with Crippen LogP contribution in [0.3, 0.4) is 0 Å². The van der Waals surface area contributed by atoms with Gasteiger partial charge in [-0.05, 0) is 24.6 Å². The van der Waals surface area contributed by atoms with Gasteiger partial charge in [-0.25, -0.2) is 0 Å². The summed E-state index contributed by atoms with van der Waals surface area (Å²) in [5, 5.41) is 13.2. The van der Waals surface area contributed by atoms with Crippen LogP contribution in [0.25, 0.3) is 11.4 Å². The highest BCUT2D eigenvalue weighted by atomic mass is 35.5. The van der Waals surface area contributed by atoms with Crippen molar-refractivity contribution >= 4 is 23.2 Å². The number of halogens is 2. The minimum absolute atomic E-state index is 0.449. The first-order valence-electron chi connectivity index (χ1n) is 5.35. The summed E-state index contributed by atoms with van der Waals surface area (Å²) in [4.78, 5) is 4.23. The fourth-order valence-corrected chi connectivity index (χ4v) is 1.73. The molecule has 0 spiro atoms. The molecular weight excluding hydrogens is 273 g/mol. The van der Waals surface area contributed by atoms with Crippen LogP contribution < -0.4 is 0 Å². The highest BCUT2D eigenvalue weighted by Crippen LogP contribution is 2.27. The molecule has 1 aromatic carbocycles. The van der Waals surface area contributed by atoms with Gasteiger partial charge in [0.05, 0.1) is 16.1 Å². The lowest BCUT2D eigenvalue weighted by Crippen LogP contribution is -1.85. The van der Waals surface area contributed by atoms with Crippen LogP contribution in [0.4, 0.5) is 0 Å². The summed E-state index contributed by atoms with van der Waals surface area (Å²) in [5.41, 5.74) is 0.750. The Balaban J connectivity index is 2.14. The number of rotatable bonds is 4. The largest absolute Gasteiger partial charge is 0.339 e. The van der Waals surface area contributed by atoms with Crippen LogP contribution >= 0.6 is 23.2 Å². The van der Waals surface area contributed by atoms with Gasteiger partial charge in [0.15, 0.2) is 0 Å². The number of nitrogens with zero attached hydrogens (tertiary/aromatic N) is 3. The zero-order valence-corrected chi connectivity index (χ0v) is 10.9. The number of aromatic nitrogens is 2. The second-order valence-electron chi connectivity index (χ2n) is 3.65. The molecule has 0 saturated carbocycles. The summed E-state index contributed by atoms with van der Waals surface area (Å²) in [6, 6.07) is 7.22. The van der Waals surface area contributed by atoms with E-state index in [0.29, 0.717) is 41.0 Å². The lowest BCUT2D eigenvalue weighted by molar-refractivity contribution is 0.376. The van der Waals surface area contributed by atoms with Crippen molar-refractivity contribution in [2.75, 3.05) is 0 Å². The quantitative estimate of drug-likeness (QED) is 0.798. The SMILES string of the molecule is N#CCCCc1nc(-c2ccc(Cl)c(Cl)c2)no1. The molecule has 0 atom stereocenters. The van der Waals surface area contributed by atoms with E-state index in [1.165, 1.54) is 0 Å². The van der Waals surface area contributed by atoms with E-state index in [2.05, 4.69) is 16.2 Å². The summed E-state index contributed by atoms with van der Waals surface area (Å²) in [6.45, 7) is 0. The van der Waals surface area contributed by atoms with E-state index in [9.17, 15) is 0 Å². The van der Waals surface area contributed by atoms with Gasteiger partial charge < -0.3 is 4.52 Å². The highest BCUT2D eigenvalue weighted by Gasteiger charge is 2.09. The number of aryl methyl sites for hydroxylation is 1. The number of hydrogen-bond donors (Lipinski definition) is 0. The third kappa shape index (κ3) is 3.00. The molecule has 1 aromatic heterocycles. The lowest BCUT2D eigenvalue weighted by atomic mass is 10.2. The lowest BCUT2D eigenvalue weighted by Gasteiger charge is -1.97. The monoisotopic (exact) mass is 281 g/mol. The number of unbranched alkanes of at least 4 members (excludes halogenated alkanes) is 1. The van der Waals surface area contributed by atoms with Crippen LogP contribution in [-0.2, 0) is 6.42 Å². The van der Waals surface area contributed by atoms with E-state index >= 15 is 0 Å². The third-order valence-electron chi connectivity index (χ3n) is 2.33. The summed E-state index contributed by atoms with van der Waals surface area (Å²) in [6.07, 6.45) is 1.78. The van der Waals surface area contributed by atoms with Crippen molar-refractivity contribution in [3.63, 3.8) is 0 Å². The molecule has 0 aliphatic rings. The normalized spacial score (nSPS) is 10.3. The first-order valence-corrected chi connectivity index (χ1v) is 6.11. The Morgan fingerprint density at radius 1 is 1.28 bits per heavy atom. The fraction of sp³-hybridized carbons (Fsp3) is 0.250. The Morgan fingerprint density at radius 3 is 2.83 bits per heavy atom. The second-order valence-corrected chi connectivity index (χ2v) is 4.47. The minimum Gasteiger partial charge on any atom is -0.339 e. The summed E-state index contributed by atoms with van der Waals surface area (Å²) >= 11 is 11.7. The average molecular weight is 282 g/mol. The molecule has 0 amide bonds. The molecule has 1 heterocycles. The zero-order chi connectivity index (χ0) is 13.0. The van der Waals surface area contributed by atoms with Crippen molar-refractivity contribution < 1.29 is 4.52 Å². The Morgan fingerprint density at radius 2 is 2.11 bits per heavy atom. The number of nitriles is 1. The van der Waals surface area contributed by atoms with Crippen molar-refractivity contribution in [2.45, 2.75) is 19.3 Å². The number of benzene rings is 1. The molecule has 0 saturated heterocycles. The van der Waals surface area contributed by atoms with Crippen LogP contribution in [0.1, 0.15) is 18.7 Å². The van der Waals surface area contributed by atoms with Gasteiger partial charge in [0, 0.05) is 18.4 Å². The van der Waals surface area contributed by atoms with Crippen LogP contribution in [0, 0.1) is 11.3 Å². The van der Waals surface area contributed by atoms with Gasteiger partial charge in [0.1, 0.15) is 0 Å². The van der Waals surface area contributed by atoms with E-state index in [1.807, 2.05) is 0 Å². The molecule has 0 aliphatic heterocycles. The van der Waals surface area contributed by atoms with Gasteiger partial charge in [-0.1, -0.05) is 28.4 Å². The first-order chi connectivity index (χ1) is 8.70. The first kappa shape index (κ1) is 12.9. The molecule has 2 aromatic rings. The Hall–Kier alpha value is -1.57. The van der Waals surface area contributed by atoms with Crippen LogP contribution in [0.15, 0.2) is 22.7 Å². The van der Waals surface area contributed by atoms with Gasteiger partial charge in [0.25, 0.3) is 0 Å². The van der Waals surface area contributed by atoms with Gasteiger partial charge in [-0.2, -0.15) is 10.2 Å². The predicted molar refractivity (Wildman–Crippen MR) is 68.3 cm³/mol. The predicted octanol–water partition coefficient (Wildman–Crippen LogP) is 3.89. The van der Waals surface area contributed by atoms with E-state index in [-0.39, 0.29) is 0 Å². The van der Waals surface area contributed by atoms with Crippen molar-refractivity contribution in [3.05, 3.63) is 34.1 Å². The molecule has 0 unspecified atom stereocenters. The van der Waals surface area contributed by atoms with Crippen LogP contribution in [-0.4, -0.2) is 10.1 Å². The minimum atomic E-state index is 0.449. The highest BCUT2D eigenvalue weighted by molar-refractivity contribution is 6.42. The molecular formula is C12H9Cl2N3O. The molecule has 4 nitrogen and oxygen atoms in total. The maximum atomic E-state index is 8.44. The molecule has 92 valence electrons. The molecule has 18 heavy (non-hydrogen) atoms. The maximum absolute atomic E-state index is 8.44. The molecule has 0 radical (unpaired) electrons. The Labute approximate surface area is 114 Å². The molecule has 6 heteroatoms. The van der Waals surface area contributed by atoms with Crippen LogP contribution in [0.2, 0.25) is 10.0 Å². The number of hydrogen-bond acceptors (Lipinski definition) is 4.